The summed E-state index contributed by atoms with van der Waals surface area (Å²) in [6.07, 6.45) is 10.2. The van der Waals surface area contributed by atoms with Crippen molar-refractivity contribution in [3.8, 4) is 33.5 Å². The second-order valence-corrected chi connectivity index (χ2v) is 26.4. The van der Waals surface area contributed by atoms with Crippen molar-refractivity contribution >= 4 is 56.4 Å². The molecule has 0 radical (unpaired) electrons. The number of thiazole rings is 1. The molecule has 5 aliphatic heterocycles. The number of nitrogens with zero attached hydrogens (tertiary/aromatic N) is 8. The number of benzene rings is 3. The second-order valence-electron chi connectivity index (χ2n) is 25.5. The number of phenolic OH excluding ortho intramolecular Hbond substituents is 1. The number of halogens is 1. The molecule has 0 spiro atoms. The maximum Gasteiger partial charge on any atom is 0.319 e. The van der Waals surface area contributed by atoms with Crippen molar-refractivity contribution in [3.05, 3.63) is 88.9 Å². The van der Waals surface area contributed by atoms with Gasteiger partial charge in [-0.2, -0.15) is 9.97 Å². The number of β-amino-alcohol motifs (C(OH)–C–C–N with tert-alkyl or cyclic N) is 1. The molecule has 3 aromatic heterocycles. The highest BCUT2D eigenvalue weighted by molar-refractivity contribution is 7.13. The van der Waals surface area contributed by atoms with Crippen LogP contribution in [0, 0.1) is 35.9 Å². The molecule has 11 rings (SSSR count). The average Bonchev–Trinajstić information content (AvgIpc) is 4.37. The zero-order valence-corrected chi connectivity index (χ0v) is 50.0. The summed E-state index contributed by atoms with van der Waals surface area (Å²) < 4.78 is 23.5. The molecule has 83 heavy (non-hydrogen) atoms. The van der Waals surface area contributed by atoms with Crippen LogP contribution in [-0.4, -0.2) is 152 Å². The van der Waals surface area contributed by atoms with E-state index >= 15 is 4.39 Å². The number of anilines is 1. The normalized spacial score (nSPS) is 21.9. The first-order valence-corrected chi connectivity index (χ1v) is 31.3. The van der Waals surface area contributed by atoms with Gasteiger partial charge in [0, 0.05) is 68.8 Å². The summed E-state index contributed by atoms with van der Waals surface area (Å²) in [4.78, 5) is 70.3. The van der Waals surface area contributed by atoms with Gasteiger partial charge in [0.05, 0.1) is 40.2 Å². The van der Waals surface area contributed by atoms with Crippen LogP contribution in [0.15, 0.2) is 66.3 Å². The Morgan fingerprint density at radius 3 is 2.30 bits per heavy atom. The molecular formula is C65H83FN10O6S. The number of hydrogen-bond donors (Lipinski definition) is 4. The highest BCUT2D eigenvalue weighted by Crippen LogP contribution is 2.40. The molecule has 5 saturated heterocycles. The van der Waals surface area contributed by atoms with Crippen LogP contribution >= 0.6 is 11.3 Å². The molecule has 5 aliphatic rings. The van der Waals surface area contributed by atoms with Gasteiger partial charge in [-0.3, -0.25) is 29.2 Å². The number of amides is 2. The minimum absolute atomic E-state index is 0.0461. The van der Waals surface area contributed by atoms with E-state index in [1.165, 1.54) is 6.42 Å². The number of Topliss-reactive ketones (excluding diaryl/α,β-unsaturated/α-hetero) is 1. The predicted molar refractivity (Wildman–Crippen MR) is 324 cm³/mol. The van der Waals surface area contributed by atoms with Crippen LogP contribution in [0.2, 0.25) is 0 Å². The van der Waals surface area contributed by atoms with Crippen LogP contribution in [0.1, 0.15) is 122 Å². The summed E-state index contributed by atoms with van der Waals surface area (Å²) in [6.45, 7) is 18.8. The molecule has 0 aliphatic carbocycles. The Balaban J connectivity index is 0.639. The fourth-order valence-electron chi connectivity index (χ4n) is 14.0. The van der Waals surface area contributed by atoms with Gasteiger partial charge in [0.15, 0.2) is 5.82 Å². The standard InChI is InChI=1S/C65H83FN10O6S/c1-7-43-9-8-10-46-30-50(78)31-52(56(43)46)58-57(66)59-53(33-67-58)61(75-34-47-15-16-48(35-75)70-47)72-64(71-59)82-28-27-73-23-19-41(20-24-73)29-42-21-25-74(26-22-42)36-49(77)17-18-54(65(4,5)6)63(81)76-37-51(79)32-55(76)62(80)69-39(2)44-11-13-45(14-12-44)60-40(3)68-38-83-60/h8-14,30-31,33,38-39,41-42,47-48,51,54-55,70,78-79H,7,15-29,32,34-37H2,1-6H3,(H,69,80)/t39-,47?,48?,51+,54+,55-/m0/s1. The number of likely N-dealkylation sites (tertiary alicyclic amines) is 3. The fourth-order valence-corrected chi connectivity index (χ4v) is 14.8. The van der Waals surface area contributed by atoms with Crippen molar-refractivity contribution in [1.29, 1.82) is 0 Å². The highest BCUT2D eigenvalue weighted by atomic mass is 32.1. The minimum atomic E-state index is -0.805. The summed E-state index contributed by atoms with van der Waals surface area (Å²) in [5.74, 6) is 0.552. The lowest BCUT2D eigenvalue weighted by molar-refractivity contribution is -0.145. The monoisotopic (exact) mass is 1150 g/mol. The molecule has 0 saturated carbocycles. The first-order chi connectivity index (χ1) is 40.0. The van der Waals surface area contributed by atoms with Gasteiger partial charge in [0.1, 0.15) is 41.2 Å². The quantitative estimate of drug-likeness (QED) is 0.0600. The number of hydrogen-bond acceptors (Lipinski definition) is 15. The van der Waals surface area contributed by atoms with Crippen molar-refractivity contribution in [2.24, 2.45) is 23.2 Å². The Hall–Kier alpha value is -6.18. The lowest BCUT2D eigenvalue weighted by Crippen LogP contribution is -2.51. The number of aryl methyl sites for hydroxylation is 2. The molecule has 6 atom stereocenters. The van der Waals surface area contributed by atoms with Gasteiger partial charge in [-0.25, -0.2) is 9.37 Å². The topological polar surface area (TPSA) is 189 Å². The number of carbonyl (C=O) groups excluding carboxylic acids is 3. The van der Waals surface area contributed by atoms with Gasteiger partial charge >= 0.3 is 6.01 Å². The van der Waals surface area contributed by atoms with E-state index in [4.69, 9.17) is 19.7 Å². The number of aromatic nitrogens is 4. The number of rotatable bonds is 19. The minimum Gasteiger partial charge on any atom is -0.508 e. The zero-order chi connectivity index (χ0) is 58.1. The largest absolute Gasteiger partial charge is 0.508 e. The van der Waals surface area contributed by atoms with Crippen LogP contribution in [0.25, 0.3) is 43.4 Å². The Morgan fingerprint density at radius 1 is 0.916 bits per heavy atom. The van der Waals surface area contributed by atoms with Gasteiger partial charge in [0.25, 0.3) is 0 Å². The van der Waals surface area contributed by atoms with Crippen molar-refractivity contribution in [2.75, 3.05) is 70.4 Å². The lowest BCUT2D eigenvalue weighted by Gasteiger charge is -2.37. The van der Waals surface area contributed by atoms with Crippen LogP contribution < -0.4 is 20.3 Å². The van der Waals surface area contributed by atoms with E-state index in [1.54, 1.807) is 34.6 Å². The van der Waals surface area contributed by atoms with Gasteiger partial charge in [-0.05, 0) is 155 Å². The molecule has 16 nitrogen and oxygen atoms in total. The number of pyridine rings is 1. The van der Waals surface area contributed by atoms with Crippen molar-refractivity contribution in [1.82, 2.24) is 45.3 Å². The smallest absolute Gasteiger partial charge is 0.319 e. The number of phenols is 1. The molecule has 6 aromatic rings. The Labute approximate surface area is 491 Å². The molecule has 5 fully saturated rings. The van der Waals surface area contributed by atoms with E-state index in [0.29, 0.717) is 66.8 Å². The van der Waals surface area contributed by atoms with E-state index < -0.39 is 29.3 Å². The molecule has 2 bridgehead atoms. The number of piperidine rings is 2. The summed E-state index contributed by atoms with van der Waals surface area (Å²) in [7, 11) is 0. The summed E-state index contributed by atoms with van der Waals surface area (Å²) in [6, 6.07) is 17.0. The van der Waals surface area contributed by atoms with E-state index in [2.05, 4.69) is 37.2 Å². The lowest BCUT2D eigenvalue weighted by atomic mass is 9.76. The number of carbonyl (C=O) groups is 3. The van der Waals surface area contributed by atoms with Gasteiger partial charge < -0.3 is 35.4 Å². The van der Waals surface area contributed by atoms with Gasteiger partial charge in [-0.1, -0.05) is 70.2 Å². The number of fused-ring (bicyclic) bond motifs is 4. The third-order valence-corrected chi connectivity index (χ3v) is 19.6. The maximum atomic E-state index is 17.1. The van der Waals surface area contributed by atoms with Crippen LogP contribution in [0.5, 0.6) is 11.8 Å². The van der Waals surface area contributed by atoms with Crippen LogP contribution in [0.4, 0.5) is 10.2 Å². The highest BCUT2D eigenvalue weighted by Gasteiger charge is 2.44. The fraction of sp³-hybridized carbons (Fsp3) is 0.554. The first-order valence-electron chi connectivity index (χ1n) is 30.5. The molecule has 8 heterocycles. The number of aliphatic hydroxyl groups is 1. The predicted octanol–water partition coefficient (Wildman–Crippen LogP) is 9.67. The van der Waals surface area contributed by atoms with Gasteiger partial charge in [-0.15, -0.1) is 11.3 Å². The third-order valence-electron chi connectivity index (χ3n) is 18.7. The van der Waals surface area contributed by atoms with Crippen molar-refractivity contribution in [2.45, 2.75) is 142 Å². The summed E-state index contributed by atoms with van der Waals surface area (Å²) >= 11 is 1.59. The number of ketones is 1. The zero-order valence-electron chi connectivity index (χ0n) is 49.2. The first kappa shape index (κ1) is 58.6. The van der Waals surface area contributed by atoms with Crippen molar-refractivity contribution in [3.63, 3.8) is 0 Å². The maximum absolute atomic E-state index is 17.1. The van der Waals surface area contributed by atoms with E-state index in [9.17, 15) is 24.6 Å². The number of nitrogens with one attached hydrogen (secondary N) is 2. The Kier molecular flexibility index (Phi) is 17.8. The summed E-state index contributed by atoms with van der Waals surface area (Å²) in [5, 5.41) is 30.6. The summed E-state index contributed by atoms with van der Waals surface area (Å²) in [5.41, 5.74) is 6.24. The Bertz CT molecular complexity index is 3290. The molecule has 2 unspecified atom stereocenters. The Morgan fingerprint density at radius 2 is 1.63 bits per heavy atom. The van der Waals surface area contributed by atoms with E-state index in [0.717, 1.165) is 122 Å². The van der Waals surface area contributed by atoms with E-state index in [-0.39, 0.29) is 66.0 Å². The van der Waals surface area contributed by atoms with E-state index in [1.807, 2.05) is 82.6 Å². The number of piperazine rings is 1. The molecule has 3 aromatic carbocycles. The second kappa shape index (κ2) is 25.2. The SMILES string of the molecule is CCc1cccc2cc(O)cc(-c3ncc4c(N5CC6CCC(C5)N6)nc(OCCN5CCC(CC6CCN(CC(=O)CC[C@H](C(=O)N7C[C@H](O)C[C@H]7C(=O)N[C@@H](C)c7ccc(-c8scnc8C)cc7)C(C)(C)C)CC6)CC5)nc4c3F)c12. The number of aliphatic hydroxyl groups excluding tert-OH is 1. The molecule has 18 heteroatoms. The van der Waals surface area contributed by atoms with Crippen LogP contribution in [-0.2, 0) is 20.8 Å². The average molecular weight is 1150 g/mol. The molecular weight excluding hydrogens is 1070 g/mol. The van der Waals surface area contributed by atoms with Gasteiger partial charge in [0.2, 0.25) is 11.8 Å². The molecule has 2 amide bonds. The van der Waals surface area contributed by atoms with Crippen molar-refractivity contribution < 1.29 is 33.7 Å². The number of ether oxygens (including phenoxy) is 1. The third kappa shape index (κ3) is 13.2. The number of aromatic hydroxyl groups is 1. The molecule has 442 valence electrons. The van der Waals surface area contributed by atoms with Crippen LogP contribution in [0.3, 0.4) is 0 Å². The molecule has 4 N–H and O–H groups in total.